The van der Waals surface area contributed by atoms with Gasteiger partial charge in [0.1, 0.15) is 6.33 Å². The molecule has 1 N–H and O–H groups in total. The van der Waals surface area contributed by atoms with Crippen molar-refractivity contribution >= 4 is 17.0 Å². The van der Waals surface area contributed by atoms with E-state index in [2.05, 4.69) is 32.5 Å². The van der Waals surface area contributed by atoms with Crippen molar-refractivity contribution in [3.05, 3.63) is 6.33 Å². The largest absolute Gasteiger partial charge is 0.382 e. The second kappa shape index (κ2) is 5.08. The van der Waals surface area contributed by atoms with Crippen LogP contribution >= 0.6 is 0 Å². The van der Waals surface area contributed by atoms with Gasteiger partial charge in [0.05, 0.1) is 12.6 Å². The summed E-state index contributed by atoms with van der Waals surface area (Å²) in [7, 11) is 1.69. The number of anilines is 1. The zero-order chi connectivity index (χ0) is 13.2. The maximum Gasteiger partial charge on any atom is 0.184 e. The average molecular weight is 262 g/mol. The monoisotopic (exact) mass is 262 g/mol. The highest BCUT2D eigenvalue weighted by Gasteiger charge is 2.24. The minimum absolute atomic E-state index is 0.152. The number of nitrogens with zero attached hydrogens (tertiary/aromatic N) is 5. The van der Waals surface area contributed by atoms with Gasteiger partial charge in [0, 0.05) is 13.2 Å². The van der Waals surface area contributed by atoms with E-state index in [1.165, 1.54) is 12.8 Å². The maximum atomic E-state index is 5.22. The van der Waals surface area contributed by atoms with Crippen molar-refractivity contribution in [1.29, 1.82) is 0 Å². The van der Waals surface area contributed by atoms with Gasteiger partial charge in [-0.3, -0.25) is 0 Å². The van der Waals surface area contributed by atoms with Gasteiger partial charge in [-0.05, 0) is 19.3 Å². The van der Waals surface area contributed by atoms with Crippen LogP contribution in [0.3, 0.4) is 0 Å². The third-order valence-electron chi connectivity index (χ3n) is 3.36. The van der Waals surface area contributed by atoms with E-state index >= 15 is 0 Å². The van der Waals surface area contributed by atoms with Crippen LogP contribution in [-0.2, 0) is 4.74 Å². The number of hydrogen-bond donors (Lipinski definition) is 1. The van der Waals surface area contributed by atoms with Crippen LogP contribution in [0.15, 0.2) is 6.33 Å². The van der Waals surface area contributed by atoms with Gasteiger partial charge >= 0.3 is 0 Å². The molecule has 0 aliphatic heterocycles. The molecule has 2 heterocycles. The van der Waals surface area contributed by atoms with Gasteiger partial charge in [-0.15, -0.1) is 5.10 Å². The second-order valence-electron chi connectivity index (χ2n) is 4.86. The first-order valence-electron chi connectivity index (χ1n) is 6.64. The Morgan fingerprint density at radius 3 is 3.00 bits per heavy atom. The number of rotatable bonds is 6. The van der Waals surface area contributed by atoms with E-state index in [1.54, 1.807) is 13.4 Å². The highest BCUT2D eigenvalue weighted by molar-refractivity contribution is 5.82. The molecule has 102 valence electrons. The van der Waals surface area contributed by atoms with Crippen LogP contribution in [0.4, 0.5) is 5.82 Å². The molecule has 7 nitrogen and oxygen atoms in total. The summed E-state index contributed by atoms with van der Waals surface area (Å²) in [6.07, 6.45) is 4.87. The number of hydrogen-bond acceptors (Lipinski definition) is 6. The second-order valence-corrected chi connectivity index (χ2v) is 4.86. The van der Waals surface area contributed by atoms with Gasteiger partial charge in [0.15, 0.2) is 17.0 Å². The summed E-state index contributed by atoms with van der Waals surface area (Å²) in [4.78, 5) is 8.57. The predicted octanol–water partition coefficient (Wildman–Crippen LogP) is 1.39. The Bertz CT molecular complexity index is 564. The third-order valence-corrected chi connectivity index (χ3v) is 3.36. The zero-order valence-electron chi connectivity index (χ0n) is 11.2. The molecule has 1 unspecified atom stereocenters. The summed E-state index contributed by atoms with van der Waals surface area (Å²) < 4.78 is 7.06. The van der Waals surface area contributed by atoms with Crippen LogP contribution in [0, 0.1) is 0 Å². The lowest BCUT2D eigenvalue weighted by atomic mass is 10.2. The lowest BCUT2D eigenvalue weighted by Crippen LogP contribution is -2.16. The summed E-state index contributed by atoms with van der Waals surface area (Å²) >= 11 is 0. The normalized spacial score (nSPS) is 16.7. The van der Waals surface area contributed by atoms with Crippen LogP contribution in [-0.4, -0.2) is 44.7 Å². The zero-order valence-corrected chi connectivity index (χ0v) is 11.2. The first kappa shape index (κ1) is 12.3. The van der Waals surface area contributed by atoms with E-state index in [1.807, 2.05) is 4.68 Å². The molecule has 1 saturated carbocycles. The van der Waals surface area contributed by atoms with Gasteiger partial charge < -0.3 is 10.1 Å². The van der Waals surface area contributed by atoms with Crippen LogP contribution in [0.1, 0.15) is 32.2 Å². The molecule has 0 amide bonds. The molecule has 7 heteroatoms. The molecule has 0 spiro atoms. The van der Waals surface area contributed by atoms with Crippen LogP contribution in [0.25, 0.3) is 11.2 Å². The molecule has 0 saturated heterocycles. The fraction of sp³-hybridized carbons (Fsp3) is 0.667. The summed E-state index contributed by atoms with van der Waals surface area (Å²) in [6, 6.07) is 0.683. The van der Waals surface area contributed by atoms with Crippen LogP contribution < -0.4 is 5.32 Å². The summed E-state index contributed by atoms with van der Waals surface area (Å²) in [5.74, 6) is 0.783. The quantitative estimate of drug-likeness (QED) is 0.847. The van der Waals surface area contributed by atoms with Gasteiger partial charge in [-0.25, -0.2) is 14.6 Å². The Hall–Kier alpha value is -1.76. The van der Waals surface area contributed by atoms with E-state index in [0.717, 1.165) is 23.4 Å². The molecule has 2 aromatic rings. The smallest absolute Gasteiger partial charge is 0.184 e. The average Bonchev–Trinajstić information content (AvgIpc) is 3.14. The standard InChI is InChI=1S/C12H18N6O/c1-3-9(6-19-2)18-12-10(16-17-18)11(13-7-14-12)15-8-4-5-8/h7-9H,3-6H2,1-2H3,(H,13,14,15). The summed E-state index contributed by atoms with van der Waals surface area (Å²) in [5, 5.41) is 11.8. The Morgan fingerprint density at radius 2 is 2.32 bits per heavy atom. The Morgan fingerprint density at radius 1 is 1.47 bits per heavy atom. The van der Waals surface area contributed by atoms with E-state index in [9.17, 15) is 0 Å². The molecule has 1 aliphatic rings. The van der Waals surface area contributed by atoms with Crippen molar-refractivity contribution in [2.75, 3.05) is 19.0 Å². The molecule has 1 aliphatic carbocycles. The van der Waals surface area contributed by atoms with E-state index < -0.39 is 0 Å². The van der Waals surface area contributed by atoms with Crippen molar-refractivity contribution in [1.82, 2.24) is 25.0 Å². The Labute approximate surface area is 111 Å². The lowest BCUT2D eigenvalue weighted by molar-refractivity contribution is 0.148. The van der Waals surface area contributed by atoms with E-state index in [0.29, 0.717) is 12.6 Å². The molecule has 1 atom stereocenters. The van der Waals surface area contributed by atoms with Crippen molar-refractivity contribution in [2.45, 2.75) is 38.3 Å². The number of nitrogens with one attached hydrogen (secondary N) is 1. The number of aromatic nitrogens is 5. The molecule has 0 aromatic carbocycles. The highest BCUT2D eigenvalue weighted by Crippen LogP contribution is 2.27. The van der Waals surface area contributed by atoms with E-state index in [-0.39, 0.29) is 6.04 Å². The van der Waals surface area contributed by atoms with Crippen molar-refractivity contribution in [3.8, 4) is 0 Å². The highest BCUT2D eigenvalue weighted by atomic mass is 16.5. The van der Waals surface area contributed by atoms with Gasteiger partial charge in [-0.1, -0.05) is 12.1 Å². The fourth-order valence-electron chi connectivity index (χ4n) is 2.09. The number of fused-ring (bicyclic) bond motifs is 1. The minimum Gasteiger partial charge on any atom is -0.382 e. The SMILES string of the molecule is CCC(COC)n1nnc2c(NC3CC3)ncnc21. The van der Waals surface area contributed by atoms with Crippen LogP contribution in [0.5, 0.6) is 0 Å². The molecule has 1 fully saturated rings. The molecular formula is C12H18N6O. The van der Waals surface area contributed by atoms with Crippen molar-refractivity contribution in [2.24, 2.45) is 0 Å². The van der Waals surface area contributed by atoms with Crippen LogP contribution in [0.2, 0.25) is 0 Å². The fourth-order valence-corrected chi connectivity index (χ4v) is 2.09. The molecule has 0 radical (unpaired) electrons. The molecular weight excluding hydrogens is 244 g/mol. The molecule has 3 rings (SSSR count). The van der Waals surface area contributed by atoms with Gasteiger partial charge in [-0.2, -0.15) is 0 Å². The van der Waals surface area contributed by atoms with Gasteiger partial charge in [0.2, 0.25) is 0 Å². The van der Waals surface area contributed by atoms with Crippen molar-refractivity contribution < 1.29 is 4.74 Å². The lowest BCUT2D eigenvalue weighted by Gasteiger charge is -2.13. The Kier molecular flexibility index (Phi) is 3.29. The topological polar surface area (TPSA) is 77.8 Å². The molecule has 19 heavy (non-hydrogen) atoms. The minimum atomic E-state index is 0.152. The number of methoxy groups -OCH3 is 1. The summed E-state index contributed by atoms with van der Waals surface area (Å²) in [6.45, 7) is 2.70. The Balaban J connectivity index is 1.97. The van der Waals surface area contributed by atoms with Crippen molar-refractivity contribution in [3.63, 3.8) is 0 Å². The predicted molar refractivity (Wildman–Crippen MR) is 71.0 cm³/mol. The first-order valence-corrected chi connectivity index (χ1v) is 6.64. The first-order chi connectivity index (χ1) is 9.33. The maximum absolute atomic E-state index is 5.22. The molecule has 0 bridgehead atoms. The third kappa shape index (κ3) is 2.37. The number of ether oxygens (including phenoxy) is 1. The summed E-state index contributed by atoms with van der Waals surface area (Å²) in [5.41, 5.74) is 1.51. The van der Waals surface area contributed by atoms with E-state index in [4.69, 9.17) is 4.74 Å². The molecule has 2 aromatic heterocycles. The van der Waals surface area contributed by atoms with Gasteiger partial charge in [0.25, 0.3) is 0 Å².